The molecule has 3 heteroatoms. The van der Waals surface area contributed by atoms with Crippen LogP contribution in [0.2, 0.25) is 0 Å². The molecule has 0 heterocycles. The van der Waals surface area contributed by atoms with Crippen molar-refractivity contribution < 1.29 is 5.11 Å². The van der Waals surface area contributed by atoms with Gasteiger partial charge in [0, 0.05) is 30.4 Å². The first kappa shape index (κ1) is 15.3. The van der Waals surface area contributed by atoms with E-state index in [2.05, 4.69) is 25.1 Å². The largest absolute Gasteiger partial charge is 0.396 e. The van der Waals surface area contributed by atoms with Gasteiger partial charge in [-0.05, 0) is 32.6 Å². The lowest BCUT2D eigenvalue weighted by molar-refractivity contribution is 0.0379. The maximum absolute atomic E-state index is 9.74. The van der Waals surface area contributed by atoms with Gasteiger partial charge in [-0.25, -0.2) is 0 Å². The molecular formula is C14H29NOS. The van der Waals surface area contributed by atoms with Crippen molar-refractivity contribution in [1.82, 2.24) is 4.90 Å². The Kier molecular flexibility index (Phi) is 6.90. The first-order valence-corrected chi connectivity index (χ1v) is 8.37. The molecule has 0 amide bonds. The van der Waals surface area contributed by atoms with E-state index in [4.69, 9.17) is 0 Å². The molecule has 17 heavy (non-hydrogen) atoms. The van der Waals surface area contributed by atoms with Gasteiger partial charge in [0.1, 0.15) is 0 Å². The maximum atomic E-state index is 9.74. The van der Waals surface area contributed by atoms with E-state index >= 15 is 0 Å². The Morgan fingerprint density at radius 2 is 1.94 bits per heavy atom. The van der Waals surface area contributed by atoms with Gasteiger partial charge in [0.15, 0.2) is 0 Å². The highest BCUT2D eigenvalue weighted by molar-refractivity contribution is 7.98. The third kappa shape index (κ3) is 4.46. The van der Waals surface area contributed by atoms with E-state index in [0.29, 0.717) is 12.6 Å². The number of aliphatic hydroxyl groups is 1. The Morgan fingerprint density at radius 3 is 2.41 bits per heavy atom. The number of hydrogen-bond acceptors (Lipinski definition) is 3. The molecule has 1 N–H and O–H groups in total. The zero-order chi connectivity index (χ0) is 12.7. The molecule has 0 aliphatic heterocycles. The number of hydrogen-bond donors (Lipinski definition) is 1. The molecule has 2 nitrogen and oxygen atoms in total. The quantitative estimate of drug-likeness (QED) is 0.760. The minimum absolute atomic E-state index is 0.193. The molecule has 1 unspecified atom stereocenters. The zero-order valence-corrected chi connectivity index (χ0v) is 12.6. The van der Waals surface area contributed by atoms with E-state index in [1.165, 1.54) is 44.3 Å². The van der Waals surface area contributed by atoms with Crippen LogP contribution in [0.1, 0.15) is 45.4 Å². The molecule has 0 radical (unpaired) electrons. The molecule has 0 aromatic heterocycles. The number of thioether (sulfide) groups is 1. The molecule has 1 rings (SSSR count). The predicted molar refractivity (Wildman–Crippen MR) is 77.7 cm³/mol. The summed E-state index contributed by atoms with van der Waals surface area (Å²) in [5.41, 5.74) is 0.193. The lowest BCUT2D eigenvalue weighted by Gasteiger charge is -2.41. The van der Waals surface area contributed by atoms with Crippen LogP contribution >= 0.6 is 11.8 Å². The van der Waals surface area contributed by atoms with Crippen LogP contribution in [0.3, 0.4) is 0 Å². The molecule has 1 fully saturated rings. The van der Waals surface area contributed by atoms with E-state index < -0.39 is 0 Å². The van der Waals surface area contributed by atoms with Crippen LogP contribution in [-0.2, 0) is 0 Å². The Bertz CT molecular complexity index is 204. The Labute approximate surface area is 111 Å². The molecule has 102 valence electrons. The van der Waals surface area contributed by atoms with E-state index in [-0.39, 0.29) is 5.41 Å². The summed E-state index contributed by atoms with van der Waals surface area (Å²) in [6, 6.07) is 0.662. The van der Waals surface area contributed by atoms with Crippen LogP contribution in [0.15, 0.2) is 0 Å². The second kappa shape index (κ2) is 7.65. The number of rotatable bonds is 7. The fourth-order valence-electron chi connectivity index (χ4n) is 3.08. The van der Waals surface area contributed by atoms with Crippen molar-refractivity contribution in [3.63, 3.8) is 0 Å². The van der Waals surface area contributed by atoms with Crippen molar-refractivity contribution in [2.24, 2.45) is 5.41 Å². The van der Waals surface area contributed by atoms with Gasteiger partial charge < -0.3 is 10.0 Å². The van der Waals surface area contributed by atoms with Gasteiger partial charge in [0.25, 0.3) is 0 Å². The Balaban J connectivity index is 2.53. The second-order valence-corrected chi connectivity index (χ2v) is 6.56. The molecular weight excluding hydrogens is 230 g/mol. The van der Waals surface area contributed by atoms with Crippen LogP contribution in [-0.4, -0.2) is 48.3 Å². The summed E-state index contributed by atoms with van der Waals surface area (Å²) in [4.78, 5) is 2.48. The summed E-state index contributed by atoms with van der Waals surface area (Å²) < 4.78 is 0. The van der Waals surface area contributed by atoms with Crippen LogP contribution in [0, 0.1) is 5.41 Å². The molecule has 1 aliphatic carbocycles. The average molecular weight is 259 g/mol. The minimum atomic E-state index is 0.193. The third-order valence-electron chi connectivity index (χ3n) is 4.29. The van der Waals surface area contributed by atoms with E-state index in [1.54, 1.807) is 0 Å². The highest BCUT2D eigenvalue weighted by atomic mass is 32.2. The normalized spacial score (nSPS) is 21.7. The van der Waals surface area contributed by atoms with E-state index in [9.17, 15) is 5.11 Å². The molecule has 1 saturated carbocycles. The minimum Gasteiger partial charge on any atom is -0.396 e. The summed E-state index contributed by atoms with van der Waals surface area (Å²) in [5.74, 6) is 1.20. The predicted octanol–water partition coefficient (Wildman–Crippen LogP) is 3.00. The van der Waals surface area contributed by atoms with Crippen molar-refractivity contribution >= 4 is 11.8 Å². The third-order valence-corrected chi connectivity index (χ3v) is 5.01. The van der Waals surface area contributed by atoms with Gasteiger partial charge in [-0.3, -0.25) is 0 Å². The lowest BCUT2D eigenvalue weighted by Crippen LogP contribution is -2.44. The lowest BCUT2D eigenvalue weighted by atomic mass is 9.74. The number of aliphatic hydroxyl groups excluding tert-OH is 1. The van der Waals surface area contributed by atoms with E-state index in [0.717, 1.165) is 6.54 Å². The van der Waals surface area contributed by atoms with Crippen molar-refractivity contribution in [3.05, 3.63) is 0 Å². The highest BCUT2D eigenvalue weighted by Gasteiger charge is 2.33. The van der Waals surface area contributed by atoms with Gasteiger partial charge in [-0.2, -0.15) is 11.8 Å². The highest BCUT2D eigenvalue weighted by Crippen LogP contribution is 2.36. The van der Waals surface area contributed by atoms with Gasteiger partial charge in [-0.1, -0.05) is 26.2 Å². The first-order chi connectivity index (χ1) is 8.17. The van der Waals surface area contributed by atoms with E-state index in [1.807, 2.05) is 11.8 Å². The van der Waals surface area contributed by atoms with Crippen molar-refractivity contribution in [2.75, 3.05) is 32.2 Å². The maximum Gasteiger partial charge on any atom is 0.0499 e. The molecule has 0 aromatic rings. The Morgan fingerprint density at radius 1 is 1.29 bits per heavy atom. The summed E-state index contributed by atoms with van der Waals surface area (Å²) in [5, 5.41) is 9.74. The van der Waals surface area contributed by atoms with Gasteiger partial charge in [0.2, 0.25) is 0 Å². The summed E-state index contributed by atoms with van der Waals surface area (Å²) in [6.45, 7) is 3.71. The molecule has 0 aromatic carbocycles. The monoisotopic (exact) mass is 259 g/mol. The molecule has 1 aliphatic rings. The standard InChI is InChI=1S/C14H29NOS/c1-4-13(10-17-3)15(2)11-14(12-16)8-6-5-7-9-14/h13,16H,4-12H2,1-3H3. The number of nitrogens with zero attached hydrogens (tertiary/aromatic N) is 1. The van der Waals surface area contributed by atoms with Gasteiger partial charge in [0.05, 0.1) is 0 Å². The SMILES string of the molecule is CCC(CSC)N(C)CC1(CO)CCCCC1. The molecule has 0 bridgehead atoms. The molecule has 0 saturated heterocycles. The second-order valence-electron chi connectivity index (χ2n) is 5.65. The van der Waals surface area contributed by atoms with Crippen molar-refractivity contribution in [1.29, 1.82) is 0 Å². The smallest absolute Gasteiger partial charge is 0.0499 e. The average Bonchev–Trinajstić information content (AvgIpc) is 2.36. The van der Waals surface area contributed by atoms with Crippen LogP contribution in [0.4, 0.5) is 0 Å². The summed E-state index contributed by atoms with van der Waals surface area (Å²) in [7, 11) is 2.23. The summed E-state index contributed by atoms with van der Waals surface area (Å²) >= 11 is 1.93. The summed E-state index contributed by atoms with van der Waals surface area (Å²) in [6.07, 6.45) is 9.76. The van der Waals surface area contributed by atoms with Crippen LogP contribution < -0.4 is 0 Å². The van der Waals surface area contributed by atoms with Crippen LogP contribution in [0.25, 0.3) is 0 Å². The fourth-order valence-corrected chi connectivity index (χ4v) is 3.95. The Hall–Kier alpha value is 0.270. The van der Waals surface area contributed by atoms with Gasteiger partial charge >= 0.3 is 0 Å². The van der Waals surface area contributed by atoms with Crippen LogP contribution in [0.5, 0.6) is 0 Å². The molecule has 0 spiro atoms. The van der Waals surface area contributed by atoms with Crippen molar-refractivity contribution in [3.8, 4) is 0 Å². The topological polar surface area (TPSA) is 23.5 Å². The fraction of sp³-hybridized carbons (Fsp3) is 1.00. The van der Waals surface area contributed by atoms with Gasteiger partial charge in [-0.15, -0.1) is 0 Å². The molecule has 1 atom stereocenters. The van der Waals surface area contributed by atoms with Crippen molar-refractivity contribution in [2.45, 2.75) is 51.5 Å². The first-order valence-electron chi connectivity index (χ1n) is 6.97. The zero-order valence-electron chi connectivity index (χ0n) is 11.7.